The first-order valence-electron chi connectivity index (χ1n) is 7.76. The van der Waals surface area contributed by atoms with Gasteiger partial charge in [0, 0.05) is 12.3 Å². The maximum absolute atomic E-state index is 13.6. The van der Waals surface area contributed by atoms with Crippen molar-refractivity contribution in [1.29, 1.82) is 0 Å². The minimum Gasteiger partial charge on any atom is -0.512 e. The normalized spacial score (nSPS) is 35.0. The Balaban J connectivity index is 1.93. The van der Waals surface area contributed by atoms with Crippen LogP contribution in [0.25, 0.3) is 0 Å². The molecule has 0 aromatic carbocycles. The van der Waals surface area contributed by atoms with Crippen LogP contribution >= 0.6 is 0 Å². The number of unbranched alkanes of at least 4 members (excludes halogenated alkanes) is 1. The molecule has 2 fully saturated rings. The smallest absolute Gasteiger partial charge is 0.317 e. The Hall–Kier alpha value is -1.06. The van der Waals surface area contributed by atoms with E-state index < -0.39 is 12.1 Å². The van der Waals surface area contributed by atoms with E-state index in [0.717, 1.165) is 25.7 Å². The van der Waals surface area contributed by atoms with Crippen molar-refractivity contribution in [2.45, 2.75) is 64.6 Å². The number of ether oxygens (including phenoxy) is 1. The van der Waals surface area contributed by atoms with Crippen LogP contribution < -0.4 is 0 Å². The van der Waals surface area contributed by atoms with E-state index in [9.17, 15) is 14.3 Å². The van der Waals surface area contributed by atoms with Gasteiger partial charge in [0.15, 0.2) is 0 Å². The largest absolute Gasteiger partial charge is 0.512 e. The van der Waals surface area contributed by atoms with Gasteiger partial charge < -0.3 is 9.84 Å². The summed E-state index contributed by atoms with van der Waals surface area (Å²) in [5, 5.41) is 10.1. The van der Waals surface area contributed by atoms with Gasteiger partial charge in [-0.15, -0.1) is 0 Å². The lowest BCUT2D eigenvalue weighted by atomic mass is 9.89. The van der Waals surface area contributed by atoms with Crippen molar-refractivity contribution >= 4 is 5.97 Å². The zero-order valence-corrected chi connectivity index (χ0v) is 12.3. The molecule has 1 heterocycles. The molecule has 114 valence electrons. The van der Waals surface area contributed by atoms with Gasteiger partial charge in [-0.3, -0.25) is 4.79 Å². The molecule has 1 saturated heterocycles. The third-order valence-electron chi connectivity index (χ3n) is 4.51. The van der Waals surface area contributed by atoms with Gasteiger partial charge in [-0.1, -0.05) is 26.7 Å². The second-order valence-electron chi connectivity index (χ2n) is 6.30. The molecular formula is C16H25FO3. The summed E-state index contributed by atoms with van der Waals surface area (Å²) >= 11 is 0. The van der Waals surface area contributed by atoms with Crippen LogP contribution in [0.1, 0.15) is 52.4 Å². The summed E-state index contributed by atoms with van der Waals surface area (Å²) in [4.78, 5) is 11.8. The Kier molecular flexibility index (Phi) is 5.06. The summed E-state index contributed by atoms with van der Waals surface area (Å²) in [7, 11) is 0. The molecule has 2 aliphatic rings. The number of esters is 1. The molecule has 1 aliphatic carbocycles. The van der Waals surface area contributed by atoms with Crippen molar-refractivity contribution in [2.75, 3.05) is 0 Å². The molecule has 4 heteroatoms. The van der Waals surface area contributed by atoms with Crippen LogP contribution in [0.15, 0.2) is 11.8 Å². The Bertz CT molecular complexity index is 380. The molecule has 0 aromatic heterocycles. The first kappa shape index (κ1) is 15.3. The average molecular weight is 284 g/mol. The van der Waals surface area contributed by atoms with E-state index in [1.165, 1.54) is 6.08 Å². The highest BCUT2D eigenvalue weighted by atomic mass is 19.1. The summed E-state index contributed by atoms with van der Waals surface area (Å²) < 4.78 is 18.9. The highest BCUT2D eigenvalue weighted by Gasteiger charge is 2.50. The van der Waals surface area contributed by atoms with Crippen LogP contribution in [-0.2, 0) is 9.53 Å². The molecule has 3 nitrogen and oxygen atoms in total. The number of carbonyl (C=O) groups is 1. The standard InChI is InChI=1S/C16H25FO3/c1-3-4-5-11(17)6-7-13(18)15-12-8-10(2)9-14(12)20-16(15)19/h7,10-12,14-15,18H,3-6,8-9H2,1-2H3/b13-7+/t10-,11-,12+,14+,15-/m1/s1. The number of halogens is 1. The number of alkyl halides is 1. The summed E-state index contributed by atoms with van der Waals surface area (Å²) in [6, 6.07) is 0. The Morgan fingerprint density at radius 1 is 1.55 bits per heavy atom. The molecule has 0 radical (unpaired) electrons. The molecular weight excluding hydrogens is 259 g/mol. The molecule has 20 heavy (non-hydrogen) atoms. The molecule has 0 bridgehead atoms. The Morgan fingerprint density at radius 3 is 3.00 bits per heavy atom. The number of hydrogen-bond donors (Lipinski definition) is 1. The molecule has 1 saturated carbocycles. The van der Waals surface area contributed by atoms with Gasteiger partial charge in [0.05, 0.1) is 0 Å². The van der Waals surface area contributed by atoms with Gasteiger partial charge in [0.1, 0.15) is 24.0 Å². The lowest BCUT2D eigenvalue weighted by molar-refractivity contribution is -0.144. The fourth-order valence-corrected chi connectivity index (χ4v) is 3.43. The first-order valence-corrected chi connectivity index (χ1v) is 7.76. The lowest BCUT2D eigenvalue weighted by Crippen LogP contribution is -2.19. The first-order chi connectivity index (χ1) is 9.52. The maximum Gasteiger partial charge on any atom is 0.317 e. The van der Waals surface area contributed by atoms with Gasteiger partial charge in [0.25, 0.3) is 0 Å². The minimum absolute atomic E-state index is 0.00995. The maximum atomic E-state index is 13.6. The second kappa shape index (κ2) is 6.59. The van der Waals surface area contributed by atoms with E-state index in [0.29, 0.717) is 12.3 Å². The van der Waals surface area contributed by atoms with Crippen LogP contribution in [0, 0.1) is 17.8 Å². The monoisotopic (exact) mass is 284 g/mol. The quantitative estimate of drug-likeness (QED) is 0.593. The number of allylic oxidation sites excluding steroid dienone is 1. The predicted octanol–water partition coefficient (Wildman–Crippen LogP) is 3.93. The van der Waals surface area contributed by atoms with Gasteiger partial charge >= 0.3 is 5.97 Å². The van der Waals surface area contributed by atoms with E-state index in [1.54, 1.807) is 0 Å². The van der Waals surface area contributed by atoms with Gasteiger partial charge in [-0.25, -0.2) is 4.39 Å². The van der Waals surface area contributed by atoms with Crippen molar-refractivity contribution in [1.82, 2.24) is 0 Å². The van der Waals surface area contributed by atoms with Crippen molar-refractivity contribution in [3.63, 3.8) is 0 Å². The topological polar surface area (TPSA) is 46.5 Å². The average Bonchev–Trinajstić information content (AvgIpc) is 2.87. The molecule has 1 aliphatic heterocycles. The van der Waals surface area contributed by atoms with E-state index >= 15 is 0 Å². The second-order valence-corrected chi connectivity index (χ2v) is 6.30. The number of aliphatic hydroxyl groups excluding tert-OH is 1. The highest BCUT2D eigenvalue weighted by molar-refractivity contribution is 5.78. The molecule has 2 rings (SSSR count). The number of aliphatic hydroxyl groups is 1. The minimum atomic E-state index is -0.937. The molecule has 0 unspecified atom stereocenters. The van der Waals surface area contributed by atoms with E-state index in [1.807, 2.05) is 6.92 Å². The molecule has 0 spiro atoms. The van der Waals surface area contributed by atoms with Crippen molar-refractivity contribution < 1.29 is 19.0 Å². The predicted molar refractivity (Wildman–Crippen MR) is 75.0 cm³/mol. The zero-order chi connectivity index (χ0) is 14.7. The third kappa shape index (κ3) is 3.33. The van der Waals surface area contributed by atoms with Crippen molar-refractivity contribution in [2.24, 2.45) is 17.8 Å². The fraction of sp³-hybridized carbons (Fsp3) is 0.812. The van der Waals surface area contributed by atoms with Crippen molar-refractivity contribution in [3.05, 3.63) is 11.8 Å². The van der Waals surface area contributed by atoms with Gasteiger partial charge in [-0.05, 0) is 31.3 Å². The van der Waals surface area contributed by atoms with Gasteiger partial charge in [-0.2, -0.15) is 0 Å². The Labute approximate surface area is 120 Å². The summed E-state index contributed by atoms with van der Waals surface area (Å²) in [5.74, 6) is -0.307. The van der Waals surface area contributed by atoms with Crippen LogP contribution in [0.5, 0.6) is 0 Å². The Morgan fingerprint density at radius 2 is 2.30 bits per heavy atom. The summed E-state index contributed by atoms with van der Waals surface area (Å²) in [6.07, 6.45) is 4.78. The van der Waals surface area contributed by atoms with Gasteiger partial charge in [0.2, 0.25) is 0 Å². The van der Waals surface area contributed by atoms with Crippen molar-refractivity contribution in [3.8, 4) is 0 Å². The van der Waals surface area contributed by atoms with Crippen LogP contribution in [0.2, 0.25) is 0 Å². The van der Waals surface area contributed by atoms with Crippen LogP contribution in [0.4, 0.5) is 4.39 Å². The lowest BCUT2D eigenvalue weighted by Gasteiger charge is -2.13. The number of carbonyl (C=O) groups excluding carboxylic acids is 1. The van der Waals surface area contributed by atoms with E-state index in [2.05, 4.69) is 6.92 Å². The number of hydrogen-bond acceptors (Lipinski definition) is 3. The zero-order valence-electron chi connectivity index (χ0n) is 12.3. The highest BCUT2D eigenvalue weighted by Crippen LogP contribution is 2.45. The molecule has 1 N–H and O–H groups in total. The number of rotatable bonds is 6. The van der Waals surface area contributed by atoms with Crippen LogP contribution in [-0.4, -0.2) is 23.4 Å². The van der Waals surface area contributed by atoms with E-state index in [4.69, 9.17) is 4.74 Å². The third-order valence-corrected chi connectivity index (χ3v) is 4.51. The molecule has 0 aromatic rings. The molecule has 5 atom stereocenters. The van der Waals surface area contributed by atoms with E-state index in [-0.39, 0.29) is 30.2 Å². The summed E-state index contributed by atoms with van der Waals surface area (Å²) in [5.41, 5.74) is 0. The molecule has 0 amide bonds. The number of fused-ring (bicyclic) bond motifs is 1. The fourth-order valence-electron chi connectivity index (χ4n) is 3.43. The SMILES string of the molecule is CCCC[C@@H](F)C/C=C(/O)[C@@H]1C(=O)O[C@H]2C[C@H](C)C[C@@H]21. The van der Waals surface area contributed by atoms with Crippen LogP contribution in [0.3, 0.4) is 0 Å². The summed E-state index contributed by atoms with van der Waals surface area (Å²) in [6.45, 7) is 4.16.